The number of benzene rings is 2. The zero-order valence-corrected chi connectivity index (χ0v) is 21.8. The third-order valence-electron chi connectivity index (χ3n) is 7.43. The van der Waals surface area contributed by atoms with Crippen LogP contribution in [-0.2, 0) is 20.9 Å². The molecule has 9 nitrogen and oxygen atoms in total. The van der Waals surface area contributed by atoms with E-state index in [4.69, 9.17) is 15.9 Å². The van der Waals surface area contributed by atoms with Crippen LogP contribution in [0, 0.1) is 18.3 Å². The van der Waals surface area contributed by atoms with Crippen LogP contribution in [0.4, 0.5) is 0 Å². The molecule has 0 bridgehead atoms. The molecular formula is C30H32N4O5. The van der Waals surface area contributed by atoms with E-state index in [0.29, 0.717) is 43.9 Å². The molecule has 4 atom stereocenters. The van der Waals surface area contributed by atoms with E-state index in [1.165, 1.54) is 4.90 Å². The van der Waals surface area contributed by atoms with Gasteiger partial charge in [0, 0.05) is 36.3 Å². The topological polar surface area (TPSA) is 113 Å². The number of methoxy groups -OCH3 is 1. The summed E-state index contributed by atoms with van der Waals surface area (Å²) in [5.41, 5.74) is 2.12. The number of hydrogen-bond donors (Lipinski definition) is 3. The van der Waals surface area contributed by atoms with Crippen LogP contribution >= 0.6 is 0 Å². The van der Waals surface area contributed by atoms with E-state index >= 15 is 0 Å². The molecule has 2 fully saturated rings. The van der Waals surface area contributed by atoms with Crippen molar-refractivity contribution in [3.05, 3.63) is 65.9 Å². The Balaban J connectivity index is 1.35. The fraction of sp³-hybridized carbons (Fsp3) is 0.367. The number of fused-ring (bicyclic) bond motifs is 1. The Morgan fingerprint density at radius 3 is 2.74 bits per heavy atom. The number of ether oxygens (including phenoxy) is 2. The summed E-state index contributed by atoms with van der Waals surface area (Å²) in [7, 11) is 1.58. The molecule has 0 spiro atoms. The van der Waals surface area contributed by atoms with Crippen molar-refractivity contribution in [1.29, 1.82) is 0 Å². The molecule has 39 heavy (non-hydrogen) atoms. The molecule has 2 saturated heterocycles. The first-order valence-electron chi connectivity index (χ1n) is 13.1. The molecule has 0 unspecified atom stereocenters. The second kappa shape index (κ2) is 11.6. The molecule has 0 saturated carbocycles. The summed E-state index contributed by atoms with van der Waals surface area (Å²) in [5.74, 6) is 2.29. The summed E-state index contributed by atoms with van der Waals surface area (Å²) in [6.07, 6.45) is 6.74. The molecule has 0 radical (unpaired) electrons. The molecule has 202 valence electrons. The Hall–Kier alpha value is -4.29. The van der Waals surface area contributed by atoms with Gasteiger partial charge < -0.3 is 30.0 Å². The minimum absolute atomic E-state index is 0.0502. The van der Waals surface area contributed by atoms with Gasteiger partial charge in [-0.1, -0.05) is 42.3 Å². The van der Waals surface area contributed by atoms with Crippen LogP contribution in [0.3, 0.4) is 0 Å². The van der Waals surface area contributed by atoms with Crippen molar-refractivity contribution in [2.75, 3.05) is 20.2 Å². The number of nitrogens with one attached hydrogen (secondary N) is 3. The summed E-state index contributed by atoms with van der Waals surface area (Å²) < 4.78 is 11.6. The summed E-state index contributed by atoms with van der Waals surface area (Å²) in [4.78, 5) is 44.0. The molecule has 3 aromatic rings. The van der Waals surface area contributed by atoms with Gasteiger partial charge in [0.1, 0.15) is 17.5 Å². The van der Waals surface area contributed by atoms with Crippen LogP contribution in [0.1, 0.15) is 35.3 Å². The molecule has 2 aromatic carbocycles. The fourth-order valence-corrected chi connectivity index (χ4v) is 5.35. The molecular weight excluding hydrogens is 496 g/mol. The predicted molar refractivity (Wildman–Crippen MR) is 146 cm³/mol. The first kappa shape index (κ1) is 26.3. The first-order valence-corrected chi connectivity index (χ1v) is 13.1. The zero-order valence-electron chi connectivity index (χ0n) is 21.8. The van der Waals surface area contributed by atoms with Gasteiger partial charge in [-0.15, -0.1) is 6.42 Å². The van der Waals surface area contributed by atoms with Crippen LogP contribution < -0.4 is 15.4 Å². The average Bonchev–Trinajstić information content (AvgIpc) is 3.70. The molecule has 3 N–H and O–H groups in total. The highest BCUT2D eigenvalue weighted by Crippen LogP contribution is 2.29. The van der Waals surface area contributed by atoms with E-state index in [1.54, 1.807) is 13.2 Å². The molecule has 0 aliphatic carbocycles. The third-order valence-corrected chi connectivity index (χ3v) is 7.43. The van der Waals surface area contributed by atoms with Gasteiger partial charge in [-0.2, -0.15) is 0 Å². The predicted octanol–water partition coefficient (Wildman–Crippen LogP) is 2.62. The van der Waals surface area contributed by atoms with E-state index < -0.39 is 12.1 Å². The SMILES string of the molecule is C#C[C@H](C[C@@H]1CCNC1=O)NC(=O)[C@@H]1C[C@@H](OCc2ccccc2)CN1C(=O)c1cc2c(OC)cccc2[nH]1. The van der Waals surface area contributed by atoms with Gasteiger partial charge in [0.05, 0.1) is 25.9 Å². The second-order valence-electron chi connectivity index (χ2n) is 9.97. The lowest BCUT2D eigenvalue weighted by Crippen LogP contribution is -2.49. The largest absolute Gasteiger partial charge is 0.496 e. The minimum atomic E-state index is -0.778. The van der Waals surface area contributed by atoms with Crippen molar-refractivity contribution >= 4 is 28.6 Å². The van der Waals surface area contributed by atoms with Crippen molar-refractivity contribution in [2.24, 2.45) is 5.92 Å². The van der Waals surface area contributed by atoms with E-state index in [1.807, 2.05) is 48.5 Å². The zero-order chi connectivity index (χ0) is 27.4. The van der Waals surface area contributed by atoms with Gasteiger partial charge in [0.2, 0.25) is 11.8 Å². The fourth-order valence-electron chi connectivity index (χ4n) is 5.35. The van der Waals surface area contributed by atoms with Crippen LogP contribution in [0.5, 0.6) is 5.75 Å². The molecule has 3 amide bonds. The first-order chi connectivity index (χ1) is 19.0. The number of terminal acetylenes is 1. The molecule has 1 aromatic heterocycles. The van der Waals surface area contributed by atoms with Crippen LogP contribution in [-0.4, -0.2) is 66.0 Å². The number of rotatable bonds is 9. The molecule has 9 heteroatoms. The van der Waals surface area contributed by atoms with Gasteiger partial charge >= 0.3 is 0 Å². The molecule has 2 aliphatic heterocycles. The number of aromatic nitrogens is 1. The van der Waals surface area contributed by atoms with E-state index in [2.05, 4.69) is 21.5 Å². The smallest absolute Gasteiger partial charge is 0.271 e. The highest BCUT2D eigenvalue weighted by atomic mass is 16.5. The summed E-state index contributed by atoms with van der Waals surface area (Å²) >= 11 is 0. The quantitative estimate of drug-likeness (QED) is 0.370. The third kappa shape index (κ3) is 5.76. The van der Waals surface area contributed by atoms with Crippen LogP contribution in [0.15, 0.2) is 54.6 Å². The van der Waals surface area contributed by atoms with Gasteiger partial charge in [-0.05, 0) is 36.6 Å². The van der Waals surface area contributed by atoms with Crippen molar-refractivity contribution in [2.45, 2.75) is 44.1 Å². The number of likely N-dealkylation sites (tertiary alicyclic amines) is 1. The van der Waals surface area contributed by atoms with E-state index in [9.17, 15) is 14.4 Å². The summed E-state index contributed by atoms with van der Waals surface area (Å²) in [5, 5.41) is 6.48. The second-order valence-corrected chi connectivity index (χ2v) is 9.97. The highest BCUT2D eigenvalue weighted by molar-refractivity contribution is 6.01. The number of carbonyl (C=O) groups excluding carboxylic acids is 3. The Kier molecular flexibility index (Phi) is 7.84. The number of carbonyl (C=O) groups is 3. The molecule has 3 heterocycles. The minimum Gasteiger partial charge on any atom is -0.496 e. The number of amides is 3. The lowest BCUT2D eigenvalue weighted by atomic mass is 9.98. The number of hydrogen-bond acceptors (Lipinski definition) is 5. The number of aromatic amines is 1. The Labute approximate surface area is 227 Å². The average molecular weight is 529 g/mol. The van der Waals surface area contributed by atoms with Crippen LogP contribution in [0.25, 0.3) is 10.9 Å². The lowest BCUT2D eigenvalue weighted by Gasteiger charge is -2.25. The normalized spacial score (nSPS) is 21.4. The summed E-state index contributed by atoms with van der Waals surface area (Å²) in [6, 6.07) is 15.6. The van der Waals surface area contributed by atoms with Gasteiger partial charge in [-0.3, -0.25) is 14.4 Å². The van der Waals surface area contributed by atoms with Crippen molar-refractivity contribution < 1.29 is 23.9 Å². The van der Waals surface area contributed by atoms with Crippen molar-refractivity contribution in [1.82, 2.24) is 20.5 Å². The Morgan fingerprint density at radius 2 is 2.03 bits per heavy atom. The van der Waals surface area contributed by atoms with E-state index in [0.717, 1.165) is 16.5 Å². The van der Waals surface area contributed by atoms with Gasteiger partial charge in [0.15, 0.2) is 0 Å². The maximum Gasteiger partial charge on any atom is 0.271 e. The monoisotopic (exact) mass is 528 g/mol. The van der Waals surface area contributed by atoms with Gasteiger partial charge in [-0.25, -0.2) is 0 Å². The standard InChI is InChI=1S/C30H32N4O5/c1-3-21(14-20-12-13-31-28(20)35)32-29(36)26-15-22(39-18-19-8-5-4-6-9-19)17-34(26)30(37)25-16-23-24(33-25)10-7-11-27(23)38-2/h1,4-11,16,20-22,26,33H,12-15,17-18H2,2H3,(H,31,35)(H,32,36)/t20-,21+,22+,26-/m0/s1. The van der Waals surface area contributed by atoms with Gasteiger partial charge in [0.25, 0.3) is 5.91 Å². The van der Waals surface area contributed by atoms with Crippen LogP contribution in [0.2, 0.25) is 0 Å². The molecule has 2 aliphatic rings. The van der Waals surface area contributed by atoms with Crippen molar-refractivity contribution in [3.8, 4) is 18.1 Å². The maximum atomic E-state index is 13.8. The number of H-pyrrole nitrogens is 1. The highest BCUT2D eigenvalue weighted by Gasteiger charge is 2.41. The lowest BCUT2D eigenvalue weighted by molar-refractivity contribution is -0.126. The summed E-state index contributed by atoms with van der Waals surface area (Å²) in [6.45, 7) is 1.23. The number of nitrogens with zero attached hydrogens (tertiary/aromatic N) is 1. The van der Waals surface area contributed by atoms with E-state index in [-0.39, 0.29) is 36.3 Å². The van der Waals surface area contributed by atoms with Crippen molar-refractivity contribution in [3.63, 3.8) is 0 Å². The Morgan fingerprint density at radius 1 is 1.21 bits per heavy atom. The Bertz CT molecular complexity index is 1400. The molecule has 5 rings (SSSR count). The maximum absolute atomic E-state index is 13.8.